The number of non-ortho nitro benzene ring substituents is 1. The molecular weight excluding hydrogens is 468 g/mol. The second-order valence-corrected chi connectivity index (χ2v) is 9.59. The second kappa shape index (κ2) is 7.44. The number of hydrogen-bond acceptors (Lipinski definition) is 5. The van der Waals surface area contributed by atoms with Gasteiger partial charge in [0.05, 0.1) is 22.4 Å². The van der Waals surface area contributed by atoms with E-state index < -0.39 is 28.0 Å². The third kappa shape index (κ3) is 2.58. The molecule has 2 bridgehead atoms. The predicted molar refractivity (Wildman–Crippen MR) is 135 cm³/mol. The van der Waals surface area contributed by atoms with Gasteiger partial charge in [-0.3, -0.25) is 19.7 Å². The molecule has 3 aliphatic heterocycles. The first-order chi connectivity index (χ1) is 18.0. The average molecular weight is 488 g/mol. The van der Waals surface area contributed by atoms with Crippen molar-refractivity contribution in [3.05, 3.63) is 142 Å². The maximum atomic E-state index is 14.3. The number of fused-ring (bicyclic) bond motifs is 8. The van der Waals surface area contributed by atoms with Gasteiger partial charge in [-0.2, -0.15) is 0 Å². The van der Waals surface area contributed by atoms with Crippen LogP contribution in [-0.2, 0) is 25.5 Å². The minimum Gasteiger partial charge on any atom is -0.348 e. The lowest BCUT2D eigenvalue weighted by Gasteiger charge is -2.34. The fraction of sp³-hybridized carbons (Fsp3) is 0.133. The zero-order valence-corrected chi connectivity index (χ0v) is 19.5. The number of imide groups is 1. The maximum Gasteiger partial charge on any atom is 0.269 e. The standard InChI is InChI=1S/C30H20N2O5/c33-27-25-26(28(34)31(27)21-15-17-22(18-16-21)32(35)36)30(20-11-5-2-6-12-20)24-14-8-7-13-23(24)29(25,37-30)19-9-3-1-4-10-19/h1-18,25-26H. The number of nitro groups is 1. The van der Waals surface area contributed by atoms with E-state index in [0.717, 1.165) is 22.3 Å². The van der Waals surface area contributed by atoms with Gasteiger partial charge in [-0.25, -0.2) is 4.90 Å². The van der Waals surface area contributed by atoms with Crippen LogP contribution in [-0.4, -0.2) is 16.7 Å². The number of nitrogens with zero attached hydrogens (tertiary/aromatic N) is 2. The van der Waals surface area contributed by atoms with Gasteiger partial charge in [-0.15, -0.1) is 0 Å². The molecule has 37 heavy (non-hydrogen) atoms. The van der Waals surface area contributed by atoms with Gasteiger partial charge in [0, 0.05) is 12.1 Å². The van der Waals surface area contributed by atoms with E-state index in [1.165, 1.54) is 29.2 Å². The van der Waals surface area contributed by atoms with Gasteiger partial charge in [-0.05, 0) is 34.4 Å². The van der Waals surface area contributed by atoms with Crippen molar-refractivity contribution in [3.63, 3.8) is 0 Å². The van der Waals surface area contributed by atoms with Crippen LogP contribution in [0.4, 0.5) is 11.4 Å². The topological polar surface area (TPSA) is 89.8 Å². The van der Waals surface area contributed by atoms with Gasteiger partial charge in [0.1, 0.15) is 11.2 Å². The van der Waals surface area contributed by atoms with Crippen LogP contribution < -0.4 is 4.90 Å². The van der Waals surface area contributed by atoms with Gasteiger partial charge in [0.2, 0.25) is 11.8 Å². The number of carbonyl (C=O) groups excluding carboxylic acids is 2. The molecule has 4 aromatic carbocycles. The van der Waals surface area contributed by atoms with Gasteiger partial charge in [-0.1, -0.05) is 84.9 Å². The minimum absolute atomic E-state index is 0.111. The van der Waals surface area contributed by atoms with E-state index in [2.05, 4.69) is 0 Å². The Bertz CT molecular complexity index is 1500. The van der Waals surface area contributed by atoms with Crippen molar-refractivity contribution in [2.45, 2.75) is 11.2 Å². The van der Waals surface area contributed by atoms with E-state index in [1.807, 2.05) is 84.9 Å². The van der Waals surface area contributed by atoms with Crippen molar-refractivity contribution < 1.29 is 19.2 Å². The van der Waals surface area contributed by atoms with Crippen LogP contribution in [0.2, 0.25) is 0 Å². The Balaban J connectivity index is 1.50. The zero-order chi connectivity index (χ0) is 25.4. The normalized spacial score (nSPS) is 27.3. The van der Waals surface area contributed by atoms with Crippen molar-refractivity contribution >= 4 is 23.2 Å². The number of amides is 2. The SMILES string of the molecule is O=C1C2C(C(=O)N1c1ccc([N+](=O)[O-])cc1)C1(c3ccccc3)OC2(c2ccccc2)c2ccccc21. The largest absolute Gasteiger partial charge is 0.348 e. The van der Waals surface area contributed by atoms with Gasteiger partial charge in [0.15, 0.2) is 0 Å². The first kappa shape index (κ1) is 21.6. The van der Waals surface area contributed by atoms with Crippen molar-refractivity contribution in [1.82, 2.24) is 0 Å². The lowest BCUT2D eigenvalue weighted by Crippen LogP contribution is -2.42. The van der Waals surface area contributed by atoms with Gasteiger partial charge < -0.3 is 4.74 Å². The van der Waals surface area contributed by atoms with Crippen LogP contribution in [0.3, 0.4) is 0 Å². The molecule has 0 radical (unpaired) electrons. The van der Waals surface area contributed by atoms with Crippen molar-refractivity contribution in [2.24, 2.45) is 11.8 Å². The van der Waals surface area contributed by atoms with E-state index in [1.54, 1.807) is 0 Å². The molecular formula is C30H20N2O5. The smallest absolute Gasteiger partial charge is 0.269 e. The molecule has 4 atom stereocenters. The number of carbonyl (C=O) groups is 2. The van der Waals surface area contributed by atoms with Crippen LogP contribution in [0, 0.1) is 22.0 Å². The van der Waals surface area contributed by atoms with Crippen LogP contribution in [0.25, 0.3) is 0 Å². The summed E-state index contributed by atoms with van der Waals surface area (Å²) in [5, 5.41) is 11.2. The Morgan fingerprint density at radius 2 is 1.08 bits per heavy atom. The second-order valence-electron chi connectivity index (χ2n) is 9.59. The average Bonchev–Trinajstić information content (AvgIpc) is 3.54. The summed E-state index contributed by atoms with van der Waals surface area (Å²) in [7, 11) is 0. The summed E-state index contributed by atoms with van der Waals surface area (Å²) in [6.07, 6.45) is 0. The molecule has 7 rings (SSSR count). The zero-order valence-electron chi connectivity index (χ0n) is 19.5. The van der Waals surface area contributed by atoms with Crippen LogP contribution in [0.15, 0.2) is 109 Å². The molecule has 180 valence electrons. The molecule has 0 N–H and O–H groups in total. The molecule has 2 saturated heterocycles. The van der Waals surface area contributed by atoms with Crippen molar-refractivity contribution in [3.8, 4) is 0 Å². The lowest BCUT2D eigenvalue weighted by molar-refractivity contribution is -0.384. The molecule has 2 fully saturated rings. The fourth-order valence-corrected chi connectivity index (χ4v) is 6.58. The Labute approximate surface area is 212 Å². The first-order valence-corrected chi connectivity index (χ1v) is 12.0. The fourth-order valence-electron chi connectivity index (χ4n) is 6.58. The number of hydrogen-bond donors (Lipinski definition) is 0. The van der Waals surface area contributed by atoms with Crippen LogP contribution >= 0.6 is 0 Å². The number of ether oxygens (including phenoxy) is 1. The van der Waals surface area contributed by atoms with Crippen molar-refractivity contribution in [1.29, 1.82) is 0 Å². The van der Waals surface area contributed by atoms with E-state index in [4.69, 9.17) is 4.74 Å². The molecule has 7 nitrogen and oxygen atoms in total. The lowest BCUT2D eigenvalue weighted by atomic mass is 9.61. The Morgan fingerprint density at radius 1 is 0.649 bits per heavy atom. The van der Waals surface area contributed by atoms with Gasteiger partial charge in [0.25, 0.3) is 5.69 Å². The molecule has 3 aliphatic rings. The van der Waals surface area contributed by atoms with E-state index in [0.29, 0.717) is 5.69 Å². The van der Waals surface area contributed by atoms with E-state index in [-0.39, 0.29) is 17.5 Å². The highest BCUT2D eigenvalue weighted by Gasteiger charge is 2.78. The molecule has 4 unspecified atom stereocenters. The summed E-state index contributed by atoms with van der Waals surface area (Å²) in [4.78, 5) is 40.4. The number of rotatable bonds is 4. The quantitative estimate of drug-likeness (QED) is 0.231. The molecule has 0 spiro atoms. The van der Waals surface area contributed by atoms with Crippen LogP contribution in [0.1, 0.15) is 22.3 Å². The van der Waals surface area contributed by atoms with Crippen molar-refractivity contribution in [2.75, 3.05) is 4.90 Å². The molecule has 2 amide bonds. The summed E-state index contributed by atoms with van der Waals surface area (Å²) < 4.78 is 7.08. The highest BCUT2D eigenvalue weighted by Crippen LogP contribution is 2.70. The summed E-state index contributed by atoms with van der Waals surface area (Å²) in [5.41, 5.74) is 1.22. The summed E-state index contributed by atoms with van der Waals surface area (Å²) >= 11 is 0. The molecule has 4 aromatic rings. The highest BCUT2D eigenvalue weighted by atomic mass is 16.6. The maximum absolute atomic E-state index is 14.3. The number of benzene rings is 4. The summed E-state index contributed by atoms with van der Waals surface area (Å²) in [6, 6.07) is 32.5. The molecule has 0 saturated carbocycles. The van der Waals surface area contributed by atoms with E-state index in [9.17, 15) is 19.7 Å². The monoisotopic (exact) mass is 488 g/mol. The number of nitro benzene ring substituents is 1. The summed E-state index contributed by atoms with van der Waals surface area (Å²) in [6.45, 7) is 0. The summed E-state index contributed by atoms with van der Waals surface area (Å²) in [5.74, 6) is -2.37. The molecule has 7 heteroatoms. The Kier molecular flexibility index (Phi) is 4.35. The molecule has 3 heterocycles. The minimum atomic E-state index is -1.17. The highest BCUT2D eigenvalue weighted by molar-refractivity contribution is 6.24. The van der Waals surface area contributed by atoms with E-state index >= 15 is 0 Å². The molecule has 0 aliphatic carbocycles. The third-order valence-corrected chi connectivity index (χ3v) is 7.96. The Hall–Kier alpha value is -4.62. The first-order valence-electron chi connectivity index (χ1n) is 12.0. The molecule has 0 aromatic heterocycles. The number of anilines is 1. The Morgan fingerprint density at radius 3 is 1.51 bits per heavy atom. The predicted octanol–water partition coefficient (Wildman–Crippen LogP) is 4.93. The van der Waals surface area contributed by atoms with Crippen LogP contribution in [0.5, 0.6) is 0 Å². The van der Waals surface area contributed by atoms with Gasteiger partial charge >= 0.3 is 0 Å². The third-order valence-electron chi connectivity index (χ3n) is 7.96.